The molecule has 0 fully saturated rings. The van der Waals surface area contributed by atoms with Gasteiger partial charge in [-0.1, -0.05) is 13.2 Å². The summed E-state index contributed by atoms with van der Waals surface area (Å²) in [6, 6.07) is 23.3. The zero-order valence-electron chi connectivity index (χ0n) is 26.0. The van der Waals surface area contributed by atoms with E-state index in [9.17, 15) is 14.0 Å². The van der Waals surface area contributed by atoms with Crippen LogP contribution < -0.4 is 9.47 Å². The van der Waals surface area contributed by atoms with Gasteiger partial charge in [0.15, 0.2) is 5.82 Å². The van der Waals surface area contributed by atoms with E-state index in [0.717, 1.165) is 12.2 Å². The van der Waals surface area contributed by atoms with Crippen LogP contribution in [0.3, 0.4) is 0 Å². The Morgan fingerprint density at radius 3 is 1.38 bits per heavy atom. The fourth-order valence-corrected chi connectivity index (χ4v) is 3.70. The Bertz CT molecular complexity index is 1810. The van der Waals surface area contributed by atoms with Gasteiger partial charge in [0.05, 0.1) is 28.4 Å². The number of rotatable bonds is 16. The number of aryl methyl sites for hydroxylation is 1. The van der Waals surface area contributed by atoms with Crippen molar-refractivity contribution in [3.63, 3.8) is 0 Å². The zero-order chi connectivity index (χ0) is 34.1. The summed E-state index contributed by atoms with van der Waals surface area (Å²) < 4.78 is 35.6. The molecule has 0 aliphatic rings. The molecule has 0 saturated carbocycles. The van der Waals surface area contributed by atoms with E-state index in [1.54, 1.807) is 85.8 Å². The van der Waals surface area contributed by atoms with Gasteiger partial charge in [-0.25, -0.2) is 14.0 Å². The monoisotopic (exact) mass is 650 g/mol. The van der Waals surface area contributed by atoms with Gasteiger partial charge >= 0.3 is 11.9 Å². The third-order valence-corrected chi connectivity index (χ3v) is 6.14. The minimum atomic E-state index is -0.600. The molecule has 0 amide bonds. The number of azo groups is 3. The van der Waals surface area contributed by atoms with Crippen molar-refractivity contribution in [1.29, 1.82) is 0 Å². The molecule has 12 nitrogen and oxygen atoms in total. The SMILES string of the molecule is C=CC(=O)OCCOc1ccc(N=Nc2ccc(N=Nc3cc(C)c(N=Nc4ccc(OCCOC(=O)C=C)cc4)cc3F)cc2)cc1. The molecular formula is C35H31FN6O6. The van der Waals surface area contributed by atoms with Crippen LogP contribution in [0.5, 0.6) is 11.5 Å². The lowest BCUT2D eigenvalue weighted by Crippen LogP contribution is -2.09. The molecule has 0 atom stereocenters. The second-order valence-corrected chi connectivity index (χ2v) is 9.63. The Morgan fingerprint density at radius 2 is 0.958 bits per heavy atom. The number of carbonyl (C=O) groups is 2. The second-order valence-electron chi connectivity index (χ2n) is 9.63. The van der Waals surface area contributed by atoms with Crippen LogP contribution in [0.25, 0.3) is 0 Å². The first-order valence-corrected chi connectivity index (χ1v) is 14.5. The Kier molecular flexibility index (Phi) is 12.9. The molecule has 0 heterocycles. The fraction of sp³-hybridized carbons (Fsp3) is 0.143. The summed E-state index contributed by atoms with van der Waals surface area (Å²) >= 11 is 0. The summed E-state index contributed by atoms with van der Waals surface area (Å²) in [7, 11) is 0. The minimum Gasteiger partial charge on any atom is -0.490 e. The van der Waals surface area contributed by atoms with Crippen molar-refractivity contribution < 1.29 is 32.9 Å². The Labute approximate surface area is 276 Å². The summed E-state index contributed by atoms with van der Waals surface area (Å²) in [5.74, 6) is -0.451. The van der Waals surface area contributed by atoms with Crippen LogP contribution in [0.4, 0.5) is 38.5 Å². The molecule has 0 aromatic heterocycles. The zero-order valence-corrected chi connectivity index (χ0v) is 26.0. The number of esters is 2. The van der Waals surface area contributed by atoms with E-state index >= 15 is 0 Å². The molecule has 0 bridgehead atoms. The van der Waals surface area contributed by atoms with E-state index in [-0.39, 0.29) is 32.1 Å². The summed E-state index contributed by atoms with van der Waals surface area (Å²) in [6.07, 6.45) is 2.18. The lowest BCUT2D eigenvalue weighted by Gasteiger charge is -2.06. The Morgan fingerprint density at radius 1 is 0.583 bits per heavy atom. The van der Waals surface area contributed by atoms with Crippen molar-refractivity contribution in [2.75, 3.05) is 26.4 Å². The van der Waals surface area contributed by atoms with Crippen LogP contribution >= 0.6 is 0 Å². The quantitative estimate of drug-likeness (QED) is 0.0511. The average Bonchev–Trinajstić information content (AvgIpc) is 3.11. The van der Waals surface area contributed by atoms with Gasteiger partial charge in [-0.2, -0.15) is 25.6 Å². The number of carbonyl (C=O) groups excluding carboxylic acids is 2. The van der Waals surface area contributed by atoms with E-state index in [4.69, 9.17) is 18.9 Å². The third-order valence-electron chi connectivity index (χ3n) is 6.14. The van der Waals surface area contributed by atoms with Gasteiger partial charge in [-0.15, -0.1) is 5.11 Å². The van der Waals surface area contributed by atoms with E-state index in [0.29, 0.717) is 45.5 Å². The van der Waals surface area contributed by atoms with Crippen LogP contribution in [0.1, 0.15) is 5.56 Å². The second kappa shape index (κ2) is 17.9. The van der Waals surface area contributed by atoms with Crippen molar-refractivity contribution in [3.8, 4) is 11.5 Å². The first-order valence-electron chi connectivity index (χ1n) is 14.5. The number of benzene rings is 4. The van der Waals surface area contributed by atoms with E-state index < -0.39 is 17.8 Å². The highest BCUT2D eigenvalue weighted by molar-refractivity contribution is 5.81. The van der Waals surface area contributed by atoms with E-state index in [2.05, 4.69) is 43.8 Å². The van der Waals surface area contributed by atoms with Gasteiger partial charge in [-0.05, 0) is 91.3 Å². The fourth-order valence-electron chi connectivity index (χ4n) is 3.70. The van der Waals surface area contributed by atoms with Gasteiger partial charge in [0.2, 0.25) is 0 Å². The predicted octanol–water partition coefficient (Wildman–Crippen LogP) is 9.60. The molecular weight excluding hydrogens is 619 g/mol. The molecule has 0 spiro atoms. The Hall–Kier alpha value is -6.37. The maximum absolute atomic E-state index is 14.8. The van der Waals surface area contributed by atoms with Gasteiger partial charge in [0.1, 0.15) is 43.6 Å². The van der Waals surface area contributed by atoms with Crippen LogP contribution in [0.15, 0.2) is 141 Å². The van der Waals surface area contributed by atoms with Crippen molar-refractivity contribution in [3.05, 3.63) is 122 Å². The van der Waals surface area contributed by atoms with Crippen molar-refractivity contribution in [2.45, 2.75) is 6.92 Å². The molecule has 0 aliphatic heterocycles. The first-order chi connectivity index (χ1) is 23.3. The topological polar surface area (TPSA) is 145 Å². The summed E-state index contributed by atoms with van der Waals surface area (Å²) in [6.45, 7) is 9.04. The summed E-state index contributed by atoms with van der Waals surface area (Å²) in [5.41, 5.74) is 3.30. The lowest BCUT2D eigenvalue weighted by molar-refractivity contribution is -0.139. The number of nitrogens with zero attached hydrogens (tertiary/aromatic N) is 6. The minimum absolute atomic E-state index is 0.0562. The van der Waals surface area contributed by atoms with Crippen molar-refractivity contribution in [2.24, 2.45) is 30.7 Å². The van der Waals surface area contributed by atoms with Crippen LogP contribution in [0, 0.1) is 12.7 Å². The molecule has 0 aliphatic carbocycles. The van der Waals surface area contributed by atoms with Crippen molar-refractivity contribution in [1.82, 2.24) is 0 Å². The van der Waals surface area contributed by atoms with E-state index in [1.165, 1.54) is 6.07 Å². The standard InChI is InChI=1S/C35H31FN6O6/c1-4-34(43)47-20-18-45-29-14-10-27(11-15-29)38-37-25-6-8-26(9-7-25)40-42-33-22-24(3)32(23-31(33)36)41-39-28-12-16-30(17-13-28)46-19-21-48-35(44)5-2/h4-17,22-23H,1-2,18-21H2,3H3. The van der Waals surface area contributed by atoms with Gasteiger partial charge < -0.3 is 18.9 Å². The summed E-state index contributed by atoms with van der Waals surface area (Å²) in [4.78, 5) is 22.1. The maximum atomic E-state index is 14.8. The molecule has 244 valence electrons. The molecule has 0 N–H and O–H groups in total. The molecule has 48 heavy (non-hydrogen) atoms. The molecule has 4 aromatic rings. The van der Waals surface area contributed by atoms with Crippen LogP contribution in [0.2, 0.25) is 0 Å². The number of halogens is 1. The average molecular weight is 651 g/mol. The number of hydrogen-bond acceptors (Lipinski definition) is 12. The van der Waals surface area contributed by atoms with Gasteiger partial charge in [0, 0.05) is 18.2 Å². The van der Waals surface area contributed by atoms with Gasteiger partial charge in [0.25, 0.3) is 0 Å². The molecule has 4 rings (SSSR count). The van der Waals surface area contributed by atoms with E-state index in [1.807, 2.05) is 0 Å². The Balaban J connectivity index is 1.27. The first kappa shape index (κ1) is 34.5. The maximum Gasteiger partial charge on any atom is 0.330 e. The molecule has 4 aromatic carbocycles. The molecule has 0 radical (unpaired) electrons. The number of ether oxygens (including phenoxy) is 4. The predicted molar refractivity (Wildman–Crippen MR) is 176 cm³/mol. The highest BCUT2D eigenvalue weighted by Gasteiger charge is 2.08. The normalized spacial score (nSPS) is 11.1. The smallest absolute Gasteiger partial charge is 0.330 e. The highest BCUT2D eigenvalue weighted by atomic mass is 19.1. The molecule has 0 unspecified atom stereocenters. The largest absolute Gasteiger partial charge is 0.490 e. The van der Waals surface area contributed by atoms with Crippen LogP contribution in [-0.4, -0.2) is 38.4 Å². The molecule has 0 saturated heterocycles. The third kappa shape index (κ3) is 11.2. The lowest BCUT2D eigenvalue weighted by atomic mass is 10.2. The van der Waals surface area contributed by atoms with Crippen LogP contribution in [-0.2, 0) is 19.1 Å². The van der Waals surface area contributed by atoms with Gasteiger partial charge in [-0.3, -0.25) is 0 Å². The highest BCUT2D eigenvalue weighted by Crippen LogP contribution is 2.31. The summed E-state index contributed by atoms with van der Waals surface area (Å²) in [5, 5.41) is 25.0. The number of hydrogen-bond donors (Lipinski definition) is 0. The molecule has 13 heteroatoms. The van der Waals surface area contributed by atoms with Crippen molar-refractivity contribution >= 4 is 46.1 Å².